The Balaban J connectivity index is 0.000000412. The summed E-state index contributed by atoms with van der Waals surface area (Å²) in [5, 5.41) is 7.16. The van der Waals surface area contributed by atoms with E-state index in [0.717, 1.165) is 12.8 Å². The number of carboxylic acids is 1. The van der Waals surface area contributed by atoms with Gasteiger partial charge in [0.2, 0.25) is 0 Å². The SMILES string of the molecule is NC1CCN(C(=O)COc2ccc(Cl)c(F)c2)CC1.O=C(O)C(F)(F)F. The molecule has 0 radical (unpaired) electrons. The van der Waals surface area contributed by atoms with Crippen molar-refractivity contribution < 1.29 is 37.0 Å². The molecule has 0 bridgehead atoms. The van der Waals surface area contributed by atoms with Gasteiger partial charge in [0.05, 0.1) is 5.02 Å². The number of amides is 1. The van der Waals surface area contributed by atoms with Crippen molar-refractivity contribution in [3.63, 3.8) is 0 Å². The van der Waals surface area contributed by atoms with Crippen LogP contribution >= 0.6 is 11.6 Å². The van der Waals surface area contributed by atoms with Crippen LogP contribution in [-0.4, -0.2) is 53.8 Å². The zero-order chi connectivity index (χ0) is 19.9. The van der Waals surface area contributed by atoms with Gasteiger partial charge in [0.25, 0.3) is 5.91 Å². The molecule has 0 aromatic heterocycles. The van der Waals surface area contributed by atoms with E-state index in [4.69, 9.17) is 32.0 Å². The maximum Gasteiger partial charge on any atom is 0.490 e. The van der Waals surface area contributed by atoms with Crippen LogP contribution in [0.1, 0.15) is 12.8 Å². The van der Waals surface area contributed by atoms with Crippen LogP contribution in [0.5, 0.6) is 5.75 Å². The quantitative estimate of drug-likeness (QED) is 0.760. The molecule has 11 heteroatoms. The van der Waals surface area contributed by atoms with Gasteiger partial charge in [-0.2, -0.15) is 13.2 Å². The molecule has 0 unspecified atom stereocenters. The molecule has 2 rings (SSSR count). The van der Waals surface area contributed by atoms with E-state index < -0.39 is 18.0 Å². The summed E-state index contributed by atoms with van der Waals surface area (Å²) in [4.78, 5) is 22.5. The number of carbonyl (C=O) groups excluding carboxylic acids is 1. The Morgan fingerprint density at radius 2 is 1.85 bits per heavy atom. The van der Waals surface area contributed by atoms with E-state index in [0.29, 0.717) is 18.8 Å². The number of alkyl halides is 3. The Kier molecular flexibility index (Phi) is 8.09. The summed E-state index contributed by atoms with van der Waals surface area (Å²) >= 11 is 5.56. The second-order valence-corrected chi connectivity index (χ2v) is 5.79. The number of nitrogens with two attached hydrogens (primary N) is 1. The van der Waals surface area contributed by atoms with Crippen LogP contribution < -0.4 is 10.5 Å². The Labute approximate surface area is 151 Å². The van der Waals surface area contributed by atoms with Crippen LogP contribution in [0.4, 0.5) is 17.6 Å². The third kappa shape index (κ3) is 7.44. The van der Waals surface area contributed by atoms with Gasteiger partial charge in [0, 0.05) is 25.2 Å². The van der Waals surface area contributed by atoms with E-state index in [9.17, 15) is 22.4 Å². The molecule has 1 fully saturated rings. The highest BCUT2D eigenvalue weighted by atomic mass is 35.5. The third-order valence-corrected chi connectivity index (χ3v) is 3.69. The second kappa shape index (κ2) is 9.58. The summed E-state index contributed by atoms with van der Waals surface area (Å²) in [6.07, 6.45) is -3.47. The molecule has 1 aromatic carbocycles. The number of hydrogen-bond acceptors (Lipinski definition) is 4. The fourth-order valence-corrected chi connectivity index (χ4v) is 2.07. The normalized spacial score (nSPS) is 15.1. The molecule has 1 saturated heterocycles. The summed E-state index contributed by atoms with van der Waals surface area (Å²) in [6, 6.07) is 4.28. The molecule has 0 atom stereocenters. The minimum Gasteiger partial charge on any atom is -0.484 e. The topological polar surface area (TPSA) is 92.9 Å². The first-order valence-electron chi connectivity index (χ1n) is 7.42. The standard InChI is InChI=1S/C13H16ClFN2O2.C2HF3O2/c14-11-2-1-10(7-12(11)15)19-8-13(18)17-5-3-9(16)4-6-17;3-2(4,5)1(6)7/h1-2,7,9H,3-6,8,16H2;(H,6,7). The number of nitrogens with zero attached hydrogens (tertiary/aromatic N) is 1. The van der Waals surface area contributed by atoms with Crippen LogP contribution in [0.15, 0.2) is 18.2 Å². The number of benzene rings is 1. The molecular formula is C15H17ClF4N2O4. The second-order valence-electron chi connectivity index (χ2n) is 5.39. The molecule has 0 saturated carbocycles. The van der Waals surface area contributed by atoms with E-state index in [1.165, 1.54) is 18.2 Å². The monoisotopic (exact) mass is 400 g/mol. The Morgan fingerprint density at radius 3 is 2.31 bits per heavy atom. The number of rotatable bonds is 3. The summed E-state index contributed by atoms with van der Waals surface area (Å²) < 4.78 is 50.2. The van der Waals surface area contributed by atoms with Crippen LogP contribution in [-0.2, 0) is 9.59 Å². The van der Waals surface area contributed by atoms with Crippen molar-refractivity contribution in [1.82, 2.24) is 4.90 Å². The first-order valence-corrected chi connectivity index (χ1v) is 7.80. The number of aliphatic carboxylic acids is 1. The number of likely N-dealkylation sites (tertiary alicyclic amines) is 1. The lowest BCUT2D eigenvalue weighted by molar-refractivity contribution is -0.192. The maximum absolute atomic E-state index is 13.2. The minimum atomic E-state index is -5.08. The Bertz CT molecular complexity index is 635. The summed E-state index contributed by atoms with van der Waals surface area (Å²) in [5.41, 5.74) is 5.77. The average Bonchev–Trinajstić information content (AvgIpc) is 2.56. The minimum absolute atomic E-state index is 0.0312. The van der Waals surface area contributed by atoms with Crippen molar-refractivity contribution in [3.05, 3.63) is 29.0 Å². The number of carbonyl (C=O) groups is 2. The van der Waals surface area contributed by atoms with Crippen molar-refractivity contribution in [1.29, 1.82) is 0 Å². The zero-order valence-corrected chi connectivity index (χ0v) is 14.2. The molecule has 146 valence electrons. The van der Waals surface area contributed by atoms with E-state index in [2.05, 4.69) is 0 Å². The molecule has 1 heterocycles. The predicted molar refractivity (Wildman–Crippen MR) is 84.4 cm³/mol. The number of piperidine rings is 1. The lowest BCUT2D eigenvalue weighted by atomic mass is 10.1. The zero-order valence-electron chi connectivity index (χ0n) is 13.4. The number of halogens is 5. The van der Waals surface area contributed by atoms with Gasteiger partial charge < -0.3 is 20.5 Å². The van der Waals surface area contributed by atoms with E-state index in [1.54, 1.807) is 4.90 Å². The fourth-order valence-electron chi connectivity index (χ4n) is 1.95. The average molecular weight is 401 g/mol. The Hall–Kier alpha value is -2.07. The Morgan fingerprint density at radius 1 is 1.31 bits per heavy atom. The van der Waals surface area contributed by atoms with Crippen LogP contribution in [0.3, 0.4) is 0 Å². The van der Waals surface area contributed by atoms with Gasteiger partial charge >= 0.3 is 12.1 Å². The van der Waals surface area contributed by atoms with E-state index >= 15 is 0 Å². The van der Waals surface area contributed by atoms with Gasteiger partial charge in [0.1, 0.15) is 11.6 Å². The molecule has 1 amide bonds. The van der Waals surface area contributed by atoms with Crippen LogP contribution in [0, 0.1) is 5.82 Å². The highest BCUT2D eigenvalue weighted by Gasteiger charge is 2.38. The van der Waals surface area contributed by atoms with Gasteiger partial charge in [-0.15, -0.1) is 0 Å². The summed E-state index contributed by atoms with van der Waals surface area (Å²) in [5.74, 6) is -3.13. The fraction of sp³-hybridized carbons (Fsp3) is 0.467. The molecule has 26 heavy (non-hydrogen) atoms. The largest absolute Gasteiger partial charge is 0.490 e. The lowest BCUT2D eigenvalue weighted by Gasteiger charge is -2.30. The first kappa shape index (κ1) is 22.0. The van der Waals surface area contributed by atoms with Crippen molar-refractivity contribution in [2.75, 3.05) is 19.7 Å². The highest BCUT2D eigenvalue weighted by molar-refractivity contribution is 6.30. The molecule has 0 spiro atoms. The van der Waals surface area contributed by atoms with Gasteiger partial charge in [-0.1, -0.05) is 11.6 Å². The smallest absolute Gasteiger partial charge is 0.484 e. The van der Waals surface area contributed by atoms with Gasteiger partial charge in [-0.3, -0.25) is 4.79 Å². The van der Waals surface area contributed by atoms with E-state index in [1.807, 2.05) is 0 Å². The van der Waals surface area contributed by atoms with Crippen LogP contribution in [0.2, 0.25) is 5.02 Å². The predicted octanol–water partition coefficient (Wildman–Crippen LogP) is 2.44. The van der Waals surface area contributed by atoms with Crippen LogP contribution in [0.25, 0.3) is 0 Å². The van der Waals surface area contributed by atoms with Gasteiger partial charge in [-0.25, -0.2) is 9.18 Å². The van der Waals surface area contributed by atoms with Gasteiger partial charge in [-0.05, 0) is 25.0 Å². The first-order chi connectivity index (χ1) is 12.0. The molecule has 1 aliphatic heterocycles. The molecule has 1 aromatic rings. The highest BCUT2D eigenvalue weighted by Crippen LogP contribution is 2.20. The molecule has 0 aliphatic carbocycles. The number of hydrogen-bond donors (Lipinski definition) is 2. The van der Waals surface area contributed by atoms with Crippen molar-refractivity contribution >= 4 is 23.5 Å². The van der Waals surface area contributed by atoms with Gasteiger partial charge in [0.15, 0.2) is 6.61 Å². The summed E-state index contributed by atoms with van der Waals surface area (Å²) in [7, 11) is 0. The van der Waals surface area contributed by atoms with Crippen molar-refractivity contribution in [2.45, 2.75) is 25.1 Å². The summed E-state index contributed by atoms with van der Waals surface area (Å²) in [6.45, 7) is 1.20. The van der Waals surface area contributed by atoms with E-state index in [-0.39, 0.29) is 23.6 Å². The maximum atomic E-state index is 13.2. The van der Waals surface area contributed by atoms with Crippen molar-refractivity contribution in [2.24, 2.45) is 5.73 Å². The molecule has 6 nitrogen and oxygen atoms in total. The molecule has 1 aliphatic rings. The number of carboxylic acid groups (broad SMARTS) is 1. The third-order valence-electron chi connectivity index (χ3n) is 3.39. The molecular weight excluding hydrogens is 384 g/mol. The lowest BCUT2D eigenvalue weighted by Crippen LogP contribution is -2.44. The van der Waals surface area contributed by atoms with Crippen molar-refractivity contribution in [3.8, 4) is 5.75 Å². The molecule has 3 N–H and O–H groups in total. The number of ether oxygens (including phenoxy) is 1.